The fourth-order valence-electron chi connectivity index (χ4n) is 9.23. The summed E-state index contributed by atoms with van der Waals surface area (Å²) in [5, 5.41) is 42.3. The monoisotopic (exact) mass is 952 g/mol. The highest BCUT2D eigenvalue weighted by Crippen LogP contribution is 2.49. The van der Waals surface area contributed by atoms with E-state index < -0.39 is 13.7 Å². The Morgan fingerprint density at radius 3 is 2.24 bits per heavy atom. The molecule has 2 aliphatic heterocycles. The standard InChI is InChI=1S/C60H69N5O4Si/c1-58(2,3)47-37-44(25-31-51-50(41-63)57(46(39-61)40-62)69-60(51,6)7)56(68-49-29-23-42(24-30-49)17-16-35-66)45(38-47)26-32-54-59(4,5)52-18-13-14-19-53(52)65(54)34-15-11-12-20-55(67)64-48-27-21-43(22-28-48)33-36-70(8,9)10/h13-14,18-19,21-32,47,66H,11-12,15-17,20,34-35,37-38H2,1-10H3,(H,64,67)/b31-25+,45-26+,54-32+. The Labute approximate surface area is 418 Å². The minimum absolute atomic E-state index is 0.00310. The van der Waals surface area contributed by atoms with Crippen LogP contribution in [0.5, 0.6) is 5.75 Å². The molecule has 0 saturated carbocycles. The Kier molecular flexibility index (Phi) is 16.7. The van der Waals surface area contributed by atoms with E-state index in [0.717, 1.165) is 72.4 Å². The van der Waals surface area contributed by atoms with Crippen LogP contribution in [0.15, 0.2) is 142 Å². The molecular weight excluding hydrogens is 883 g/mol. The summed E-state index contributed by atoms with van der Waals surface area (Å²) in [6, 6.07) is 30.5. The second kappa shape index (κ2) is 22.3. The van der Waals surface area contributed by atoms with Gasteiger partial charge in [0.2, 0.25) is 5.91 Å². The molecule has 1 aliphatic carbocycles. The van der Waals surface area contributed by atoms with Crippen LogP contribution < -0.4 is 15.0 Å². The highest BCUT2D eigenvalue weighted by molar-refractivity contribution is 6.83. The predicted octanol–water partition coefficient (Wildman–Crippen LogP) is 13.2. The zero-order chi connectivity index (χ0) is 50.9. The van der Waals surface area contributed by atoms with Crippen molar-refractivity contribution in [2.75, 3.05) is 23.4 Å². The molecule has 1 amide bonds. The number of hydrogen-bond acceptors (Lipinski definition) is 8. The third-order valence-corrected chi connectivity index (χ3v) is 14.2. The molecule has 10 heteroatoms. The van der Waals surface area contributed by atoms with Gasteiger partial charge in [-0.25, -0.2) is 0 Å². The Balaban J connectivity index is 1.33. The van der Waals surface area contributed by atoms with Crippen molar-refractivity contribution in [1.82, 2.24) is 0 Å². The number of rotatable bonds is 15. The highest BCUT2D eigenvalue weighted by Gasteiger charge is 2.41. The average Bonchev–Trinajstić information content (AvgIpc) is 3.70. The van der Waals surface area contributed by atoms with Gasteiger partial charge >= 0.3 is 0 Å². The van der Waals surface area contributed by atoms with Crippen LogP contribution in [-0.4, -0.2) is 37.8 Å². The lowest BCUT2D eigenvalue weighted by molar-refractivity contribution is -0.116. The van der Waals surface area contributed by atoms with E-state index in [1.54, 1.807) is 0 Å². The van der Waals surface area contributed by atoms with E-state index in [1.807, 2.05) is 86.7 Å². The number of nitrogens with zero attached hydrogens (tertiary/aromatic N) is 4. The fourth-order valence-corrected chi connectivity index (χ4v) is 9.75. The summed E-state index contributed by atoms with van der Waals surface area (Å²) in [4.78, 5) is 15.5. The van der Waals surface area contributed by atoms with Crippen LogP contribution in [0.1, 0.15) is 110 Å². The smallest absolute Gasteiger partial charge is 0.224 e. The van der Waals surface area contributed by atoms with E-state index >= 15 is 0 Å². The number of unbranched alkanes of at least 4 members (excludes halogenated alkanes) is 2. The van der Waals surface area contributed by atoms with Crippen molar-refractivity contribution in [2.45, 2.75) is 130 Å². The number of aliphatic hydroxyl groups excluding tert-OH is 1. The zero-order valence-electron chi connectivity index (χ0n) is 42.8. The van der Waals surface area contributed by atoms with Crippen molar-refractivity contribution in [3.8, 4) is 35.4 Å². The Morgan fingerprint density at radius 2 is 1.60 bits per heavy atom. The maximum atomic E-state index is 13.0. The number of aliphatic hydroxyl groups is 1. The molecule has 0 spiro atoms. The van der Waals surface area contributed by atoms with Crippen LogP contribution in [0, 0.1) is 56.8 Å². The first kappa shape index (κ1) is 52.5. The summed E-state index contributed by atoms with van der Waals surface area (Å²) < 4.78 is 13.1. The third-order valence-electron chi connectivity index (χ3n) is 13.3. The van der Waals surface area contributed by atoms with E-state index in [-0.39, 0.29) is 46.2 Å². The van der Waals surface area contributed by atoms with Crippen molar-refractivity contribution in [3.05, 3.63) is 159 Å². The molecule has 0 radical (unpaired) electrons. The molecule has 6 rings (SSSR count). The molecule has 0 saturated heterocycles. The van der Waals surface area contributed by atoms with Gasteiger partial charge in [-0.15, -0.1) is 5.54 Å². The molecule has 2 N–H and O–H groups in total. The van der Waals surface area contributed by atoms with Crippen molar-refractivity contribution in [2.24, 2.45) is 11.3 Å². The van der Waals surface area contributed by atoms with Gasteiger partial charge in [0.1, 0.15) is 49.0 Å². The predicted molar refractivity (Wildman–Crippen MR) is 284 cm³/mol. The number of nitrogens with one attached hydrogen (secondary N) is 1. The molecule has 0 aromatic heterocycles. The summed E-state index contributed by atoms with van der Waals surface area (Å²) in [6.07, 6.45) is 14.3. The molecule has 0 bridgehead atoms. The zero-order valence-corrected chi connectivity index (χ0v) is 43.8. The van der Waals surface area contributed by atoms with Gasteiger partial charge in [0.25, 0.3) is 0 Å². The van der Waals surface area contributed by atoms with Crippen LogP contribution in [-0.2, 0) is 21.4 Å². The minimum atomic E-state index is -1.48. The van der Waals surface area contributed by atoms with Crippen LogP contribution in [0.25, 0.3) is 0 Å². The number of allylic oxidation sites excluding steroid dienone is 8. The number of aryl methyl sites for hydroxylation is 1. The quantitative estimate of drug-likeness (QED) is 0.0664. The Hall–Kier alpha value is -6.82. The molecular formula is C60H69N5O4Si. The summed E-state index contributed by atoms with van der Waals surface area (Å²) >= 11 is 0. The van der Waals surface area contributed by atoms with Crippen LogP contribution >= 0.6 is 0 Å². The molecule has 9 nitrogen and oxygen atoms in total. The Morgan fingerprint density at radius 1 is 0.900 bits per heavy atom. The Bertz CT molecular complexity index is 2810. The maximum absolute atomic E-state index is 13.0. The van der Waals surface area contributed by atoms with Gasteiger partial charge in [-0.3, -0.25) is 4.79 Å². The fraction of sp³-hybridized carbons (Fsp3) is 0.400. The number of ether oxygens (including phenoxy) is 2. The van der Waals surface area contributed by atoms with Crippen LogP contribution in [0.4, 0.5) is 11.4 Å². The van der Waals surface area contributed by atoms with E-state index in [1.165, 1.54) is 16.9 Å². The van der Waals surface area contributed by atoms with Crippen molar-refractivity contribution in [3.63, 3.8) is 0 Å². The number of nitriles is 3. The van der Waals surface area contributed by atoms with Gasteiger partial charge in [0.15, 0.2) is 11.3 Å². The van der Waals surface area contributed by atoms with E-state index in [9.17, 15) is 25.7 Å². The lowest BCUT2D eigenvalue weighted by Gasteiger charge is -2.36. The number of para-hydroxylation sites is 1. The third kappa shape index (κ3) is 12.9. The van der Waals surface area contributed by atoms with Crippen molar-refractivity contribution >= 4 is 25.4 Å². The normalized spacial score (nSPS) is 18.5. The number of carbonyl (C=O) groups is 1. The topological polar surface area (TPSA) is 142 Å². The number of amides is 1. The number of carbonyl (C=O) groups excluding carboxylic acids is 1. The van der Waals surface area contributed by atoms with Crippen LogP contribution in [0.3, 0.4) is 0 Å². The first-order valence-corrected chi connectivity index (χ1v) is 28.1. The van der Waals surface area contributed by atoms with E-state index in [0.29, 0.717) is 30.6 Å². The molecule has 2 heterocycles. The van der Waals surface area contributed by atoms with Crippen molar-refractivity contribution < 1.29 is 19.4 Å². The lowest BCUT2D eigenvalue weighted by Crippen LogP contribution is -2.28. The average molecular weight is 952 g/mol. The largest absolute Gasteiger partial charge is 0.480 e. The SMILES string of the molecule is CC1(C)OC(=C(C#N)C#N)C(C#N)=C1/C=C/C1=C(Oc2ccc(CCCO)cc2)C(=C/C=C2/N(CCCCCC(=O)Nc3ccc(C#C[Si](C)(C)C)cc3)c3ccccc3C2(C)C)/CC(C(C)(C)C)C1. The molecule has 3 aromatic rings. The number of hydrogen-bond donors (Lipinski definition) is 2. The minimum Gasteiger partial charge on any atom is -0.480 e. The van der Waals surface area contributed by atoms with Gasteiger partial charge in [-0.05, 0) is 135 Å². The van der Waals surface area contributed by atoms with Gasteiger partial charge < -0.3 is 24.8 Å². The van der Waals surface area contributed by atoms with Gasteiger partial charge in [0.05, 0.1) is 0 Å². The first-order valence-electron chi connectivity index (χ1n) is 24.6. The number of anilines is 2. The molecule has 362 valence electrons. The van der Waals surface area contributed by atoms with Gasteiger partial charge in [-0.1, -0.05) is 115 Å². The molecule has 1 unspecified atom stereocenters. The van der Waals surface area contributed by atoms with Crippen molar-refractivity contribution in [1.29, 1.82) is 15.8 Å². The summed E-state index contributed by atoms with van der Waals surface area (Å²) in [7, 11) is -1.48. The second-order valence-corrected chi connectivity index (χ2v) is 26.4. The molecule has 0 fully saturated rings. The molecule has 3 aliphatic rings. The van der Waals surface area contributed by atoms with E-state index in [2.05, 4.69) is 118 Å². The second-order valence-electron chi connectivity index (χ2n) is 21.6. The molecule has 70 heavy (non-hydrogen) atoms. The number of benzene rings is 3. The maximum Gasteiger partial charge on any atom is 0.224 e. The molecule has 3 aromatic carbocycles. The highest BCUT2D eigenvalue weighted by atomic mass is 28.3. The van der Waals surface area contributed by atoms with E-state index in [4.69, 9.17) is 9.47 Å². The summed E-state index contributed by atoms with van der Waals surface area (Å²) in [5.41, 5.74) is 11.0. The van der Waals surface area contributed by atoms with Gasteiger partial charge in [0, 0.05) is 53.2 Å². The lowest BCUT2D eigenvalue weighted by atomic mass is 9.70. The summed E-state index contributed by atoms with van der Waals surface area (Å²) in [5.74, 6) is 4.94. The first-order chi connectivity index (χ1) is 33.2. The van der Waals surface area contributed by atoms with Gasteiger partial charge in [-0.2, -0.15) is 15.8 Å². The molecule has 1 atom stereocenters. The van der Waals surface area contributed by atoms with Crippen LogP contribution in [0.2, 0.25) is 19.6 Å². The number of fused-ring (bicyclic) bond motifs is 1. The summed E-state index contributed by atoms with van der Waals surface area (Å²) in [6.45, 7) is 22.6.